The van der Waals surface area contributed by atoms with Gasteiger partial charge in [-0.15, -0.1) is 0 Å². The van der Waals surface area contributed by atoms with Crippen LogP contribution in [0.2, 0.25) is 0 Å². The fourth-order valence-electron chi connectivity index (χ4n) is 0.396. The lowest BCUT2D eigenvalue weighted by Crippen LogP contribution is -1.93. The Morgan fingerprint density at radius 1 is 1.70 bits per heavy atom. The summed E-state index contributed by atoms with van der Waals surface area (Å²) in [6, 6.07) is 0. The lowest BCUT2D eigenvalue weighted by molar-refractivity contribution is 0.208. The van der Waals surface area contributed by atoms with Crippen LogP contribution in [0.25, 0.3) is 0 Å². The molecule has 0 spiro atoms. The van der Waals surface area contributed by atoms with E-state index in [9.17, 15) is 0 Å². The minimum Gasteiger partial charge on any atom is -0.404 e. The van der Waals surface area contributed by atoms with E-state index in [0.717, 1.165) is 5.57 Å². The van der Waals surface area contributed by atoms with Gasteiger partial charge < -0.3 is 10.5 Å². The molecule has 3 heteroatoms. The summed E-state index contributed by atoms with van der Waals surface area (Å²) in [6.07, 6.45) is 3.26. The molecule has 0 aliphatic carbocycles. The first-order valence-electron chi connectivity index (χ1n) is 3.18. The zero-order chi connectivity index (χ0) is 7.82. The third kappa shape index (κ3) is 5.31. The van der Waals surface area contributed by atoms with Crippen LogP contribution in [0.5, 0.6) is 0 Å². The van der Waals surface area contributed by atoms with Gasteiger partial charge in [0.05, 0.1) is 13.2 Å². The van der Waals surface area contributed by atoms with Gasteiger partial charge >= 0.3 is 0 Å². The molecule has 0 aliphatic heterocycles. The summed E-state index contributed by atoms with van der Waals surface area (Å²) in [5.74, 6) is 0. The molecule has 0 aliphatic rings. The average Bonchev–Trinajstić information content (AvgIpc) is 1.98. The Balaban J connectivity index is 3.37. The largest absolute Gasteiger partial charge is 0.404 e. The van der Waals surface area contributed by atoms with Crippen LogP contribution in [0.15, 0.2) is 16.8 Å². The Kier molecular flexibility index (Phi) is 5.77. The van der Waals surface area contributed by atoms with E-state index in [4.69, 9.17) is 10.5 Å². The minimum absolute atomic E-state index is 0.661. The van der Waals surface area contributed by atoms with Gasteiger partial charge in [0.1, 0.15) is 0 Å². The van der Waals surface area contributed by atoms with Gasteiger partial charge in [-0.05, 0) is 18.7 Å². The molecular formula is C7H14N2O. The molecule has 0 unspecified atom stereocenters. The molecule has 0 aromatic carbocycles. The minimum atomic E-state index is 0.661. The van der Waals surface area contributed by atoms with E-state index in [-0.39, 0.29) is 0 Å². The van der Waals surface area contributed by atoms with Gasteiger partial charge in [0, 0.05) is 13.3 Å². The molecule has 0 atom stereocenters. The Labute approximate surface area is 61.6 Å². The molecule has 0 aromatic rings. The van der Waals surface area contributed by atoms with E-state index in [1.807, 2.05) is 6.92 Å². The number of ether oxygens (including phenoxy) is 1. The average molecular weight is 142 g/mol. The molecule has 0 fully saturated rings. The standard InChI is InChI=1S/C7H14N2O/c1-7(5-8)6-9-3-4-10-2/h5-6H,3-4,8H2,1-2H3. The maximum absolute atomic E-state index is 5.20. The first kappa shape index (κ1) is 9.17. The molecule has 0 heterocycles. The molecule has 3 nitrogen and oxygen atoms in total. The van der Waals surface area contributed by atoms with Crippen LogP contribution in [0.1, 0.15) is 6.92 Å². The van der Waals surface area contributed by atoms with Crippen molar-refractivity contribution in [3.63, 3.8) is 0 Å². The van der Waals surface area contributed by atoms with Gasteiger partial charge in [-0.2, -0.15) is 0 Å². The smallest absolute Gasteiger partial charge is 0.0658 e. The van der Waals surface area contributed by atoms with E-state index in [0.29, 0.717) is 13.2 Å². The van der Waals surface area contributed by atoms with E-state index in [2.05, 4.69) is 4.99 Å². The SMILES string of the molecule is COCCN=CC(C)=CN. The first-order chi connectivity index (χ1) is 4.81. The topological polar surface area (TPSA) is 47.6 Å². The van der Waals surface area contributed by atoms with Gasteiger partial charge in [0.15, 0.2) is 0 Å². The number of allylic oxidation sites excluding steroid dienone is 1. The maximum atomic E-state index is 5.20. The van der Waals surface area contributed by atoms with Crippen molar-refractivity contribution < 1.29 is 4.74 Å². The van der Waals surface area contributed by atoms with E-state index < -0.39 is 0 Å². The van der Waals surface area contributed by atoms with E-state index in [1.165, 1.54) is 6.20 Å². The van der Waals surface area contributed by atoms with Gasteiger partial charge in [0.2, 0.25) is 0 Å². The van der Waals surface area contributed by atoms with Crippen molar-refractivity contribution in [3.05, 3.63) is 11.8 Å². The molecule has 10 heavy (non-hydrogen) atoms. The summed E-state index contributed by atoms with van der Waals surface area (Å²) in [6.45, 7) is 3.26. The van der Waals surface area contributed by atoms with Crippen molar-refractivity contribution in [3.8, 4) is 0 Å². The Morgan fingerprint density at radius 3 is 2.90 bits per heavy atom. The molecule has 58 valence electrons. The number of methoxy groups -OCH3 is 1. The van der Waals surface area contributed by atoms with Crippen molar-refractivity contribution in [2.75, 3.05) is 20.3 Å². The van der Waals surface area contributed by atoms with Crippen molar-refractivity contribution >= 4 is 6.21 Å². The van der Waals surface area contributed by atoms with Crippen LogP contribution in [0.3, 0.4) is 0 Å². The summed E-state index contributed by atoms with van der Waals surface area (Å²) in [7, 11) is 1.65. The fraction of sp³-hybridized carbons (Fsp3) is 0.571. The second-order valence-electron chi connectivity index (χ2n) is 1.94. The highest BCUT2D eigenvalue weighted by Gasteiger charge is 1.79. The quantitative estimate of drug-likeness (QED) is 0.460. The summed E-state index contributed by atoms with van der Waals surface area (Å²) in [5.41, 5.74) is 6.17. The second-order valence-corrected chi connectivity index (χ2v) is 1.94. The Bertz CT molecular complexity index is 130. The highest BCUT2D eigenvalue weighted by atomic mass is 16.5. The second kappa shape index (κ2) is 6.29. The molecule has 0 amide bonds. The van der Waals surface area contributed by atoms with E-state index in [1.54, 1.807) is 13.3 Å². The monoisotopic (exact) mass is 142 g/mol. The molecule has 0 saturated carbocycles. The number of hydrogen-bond acceptors (Lipinski definition) is 3. The summed E-state index contributed by atoms with van der Waals surface area (Å²) >= 11 is 0. The van der Waals surface area contributed by atoms with Crippen molar-refractivity contribution in [2.45, 2.75) is 6.92 Å². The van der Waals surface area contributed by atoms with Crippen LogP contribution >= 0.6 is 0 Å². The van der Waals surface area contributed by atoms with Crippen LogP contribution in [0.4, 0.5) is 0 Å². The number of aliphatic imine (C=N–C) groups is 1. The zero-order valence-electron chi connectivity index (χ0n) is 6.50. The van der Waals surface area contributed by atoms with Crippen LogP contribution in [-0.4, -0.2) is 26.5 Å². The molecule has 0 rings (SSSR count). The maximum Gasteiger partial charge on any atom is 0.0658 e. The van der Waals surface area contributed by atoms with Crippen LogP contribution in [0, 0.1) is 0 Å². The van der Waals surface area contributed by atoms with Gasteiger partial charge in [-0.3, -0.25) is 4.99 Å². The van der Waals surface area contributed by atoms with Crippen LogP contribution in [-0.2, 0) is 4.74 Å². The van der Waals surface area contributed by atoms with E-state index >= 15 is 0 Å². The summed E-state index contributed by atoms with van der Waals surface area (Å²) in [4.78, 5) is 4.03. The summed E-state index contributed by atoms with van der Waals surface area (Å²) in [5, 5.41) is 0. The molecule has 2 N–H and O–H groups in total. The Hall–Kier alpha value is -0.830. The third-order valence-electron chi connectivity index (χ3n) is 0.982. The molecule has 0 aromatic heterocycles. The van der Waals surface area contributed by atoms with Gasteiger partial charge in [-0.25, -0.2) is 0 Å². The highest BCUT2D eigenvalue weighted by molar-refractivity contribution is 5.77. The Morgan fingerprint density at radius 2 is 2.40 bits per heavy atom. The zero-order valence-corrected chi connectivity index (χ0v) is 6.50. The van der Waals surface area contributed by atoms with Crippen LogP contribution < -0.4 is 5.73 Å². The molecular weight excluding hydrogens is 128 g/mol. The predicted molar refractivity (Wildman–Crippen MR) is 43.2 cm³/mol. The number of rotatable bonds is 4. The van der Waals surface area contributed by atoms with Gasteiger partial charge in [0.25, 0.3) is 0 Å². The highest BCUT2D eigenvalue weighted by Crippen LogP contribution is 1.82. The molecule has 0 saturated heterocycles. The normalized spacial score (nSPS) is 12.8. The molecule has 0 bridgehead atoms. The van der Waals surface area contributed by atoms with Crippen molar-refractivity contribution in [2.24, 2.45) is 10.7 Å². The summed E-state index contributed by atoms with van der Waals surface area (Å²) < 4.78 is 4.79. The first-order valence-corrected chi connectivity index (χ1v) is 3.18. The number of nitrogens with zero attached hydrogens (tertiary/aromatic N) is 1. The van der Waals surface area contributed by atoms with Crippen molar-refractivity contribution in [1.82, 2.24) is 0 Å². The third-order valence-corrected chi connectivity index (χ3v) is 0.982. The predicted octanol–water partition coefficient (Wildman–Crippen LogP) is 0.566. The lowest BCUT2D eigenvalue weighted by Gasteiger charge is -1.91. The lowest BCUT2D eigenvalue weighted by atomic mass is 10.4. The number of hydrogen-bond donors (Lipinski definition) is 1. The number of nitrogens with two attached hydrogens (primary N) is 1. The van der Waals surface area contributed by atoms with Crippen molar-refractivity contribution in [1.29, 1.82) is 0 Å². The molecule has 0 radical (unpaired) electrons. The fourth-order valence-corrected chi connectivity index (χ4v) is 0.396. The van der Waals surface area contributed by atoms with Gasteiger partial charge in [-0.1, -0.05) is 0 Å².